The van der Waals surface area contributed by atoms with Crippen molar-refractivity contribution in [3.63, 3.8) is 0 Å². The van der Waals surface area contributed by atoms with Crippen molar-refractivity contribution in [2.24, 2.45) is 4.99 Å². The molecular formula is C14H21N3O2. The Hall–Kier alpha value is -1.59. The Kier molecular flexibility index (Phi) is 5.65. The number of nitrogens with one attached hydrogen (secondary N) is 1. The fourth-order valence-electron chi connectivity index (χ4n) is 2.21. The van der Waals surface area contributed by atoms with E-state index in [0.29, 0.717) is 0 Å². The van der Waals surface area contributed by atoms with E-state index in [9.17, 15) is 0 Å². The summed E-state index contributed by atoms with van der Waals surface area (Å²) in [6, 6.07) is 7.48. The first kappa shape index (κ1) is 13.8. The topological polar surface area (TPSA) is 57.1 Å². The summed E-state index contributed by atoms with van der Waals surface area (Å²) < 4.78 is 5.71. The molecule has 19 heavy (non-hydrogen) atoms. The second-order valence-corrected chi connectivity index (χ2v) is 4.63. The van der Waals surface area contributed by atoms with Gasteiger partial charge in [0.05, 0.1) is 5.69 Å². The molecule has 0 spiro atoms. The number of hydrogen-bond acceptors (Lipinski definition) is 4. The van der Waals surface area contributed by atoms with E-state index in [2.05, 4.69) is 9.89 Å². The van der Waals surface area contributed by atoms with Crippen LogP contribution in [0.5, 0.6) is 5.75 Å². The quantitative estimate of drug-likeness (QED) is 0.469. The second kappa shape index (κ2) is 7.76. The summed E-state index contributed by atoms with van der Waals surface area (Å²) in [5.74, 6) is 0.855. The maximum absolute atomic E-state index is 8.39. The van der Waals surface area contributed by atoms with Gasteiger partial charge in [0, 0.05) is 6.54 Å². The first-order valence-corrected chi connectivity index (χ1v) is 6.76. The predicted molar refractivity (Wildman–Crippen MR) is 75.3 cm³/mol. The van der Waals surface area contributed by atoms with Gasteiger partial charge in [-0.2, -0.15) is 0 Å². The molecule has 0 amide bonds. The van der Waals surface area contributed by atoms with E-state index in [1.54, 1.807) is 0 Å². The molecule has 0 aliphatic carbocycles. The lowest BCUT2D eigenvalue weighted by Gasteiger charge is -2.26. The maximum Gasteiger partial charge on any atom is 0.119 e. The first-order valence-electron chi connectivity index (χ1n) is 6.76. The maximum atomic E-state index is 8.39. The van der Waals surface area contributed by atoms with E-state index in [1.165, 1.54) is 38.7 Å². The van der Waals surface area contributed by atoms with E-state index in [1.807, 2.05) is 29.7 Å². The molecular weight excluding hydrogens is 242 g/mol. The van der Waals surface area contributed by atoms with Crippen LogP contribution in [0.3, 0.4) is 0 Å². The smallest absolute Gasteiger partial charge is 0.119 e. The first-order chi connectivity index (χ1) is 9.38. The number of hydroxylamine groups is 1. The molecule has 0 radical (unpaired) electrons. The van der Waals surface area contributed by atoms with Gasteiger partial charge in [0.2, 0.25) is 0 Å². The van der Waals surface area contributed by atoms with Gasteiger partial charge < -0.3 is 4.74 Å². The molecule has 1 aliphatic heterocycles. The summed E-state index contributed by atoms with van der Waals surface area (Å²) in [5, 5.41) is 8.39. The third-order valence-corrected chi connectivity index (χ3v) is 3.23. The lowest BCUT2D eigenvalue weighted by Crippen LogP contribution is -2.33. The number of nitrogens with zero attached hydrogens (tertiary/aromatic N) is 2. The number of hydrogen-bond donors (Lipinski definition) is 2. The Balaban J connectivity index is 1.71. The molecule has 1 aromatic carbocycles. The van der Waals surface area contributed by atoms with E-state index in [0.717, 1.165) is 24.6 Å². The van der Waals surface area contributed by atoms with Gasteiger partial charge in [-0.25, -0.2) is 4.99 Å². The Morgan fingerprint density at radius 2 is 1.95 bits per heavy atom. The van der Waals surface area contributed by atoms with Crippen LogP contribution in [0.1, 0.15) is 19.3 Å². The van der Waals surface area contributed by atoms with Crippen molar-refractivity contribution in [3.05, 3.63) is 24.3 Å². The predicted octanol–water partition coefficient (Wildman–Crippen LogP) is 2.19. The molecule has 0 saturated carbocycles. The van der Waals surface area contributed by atoms with Gasteiger partial charge >= 0.3 is 0 Å². The average Bonchev–Trinajstić information content (AvgIpc) is 2.47. The Labute approximate surface area is 113 Å². The minimum absolute atomic E-state index is 0.723. The third-order valence-electron chi connectivity index (χ3n) is 3.23. The number of likely N-dealkylation sites (tertiary alicyclic amines) is 1. The fourth-order valence-corrected chi connectivity index (χ4v) is 2.21. The molecule has 1 aliphatic rings. The van der Waals surface area contributed by atoms with Crippen LogP contribution in [0.2, 0.25) is 0 Å². The van der Waals surface area contributed by atoms with Crippen molar-refractivity contribution in [1.29, 1.82) is 0 Å². The van der Waals surface area contributed by atoms with Crippen LogP contribution >= 0.6 is 0 Å². The van der Waals surface area contributed by atoms with E-state index in [-0.39, 0.29) is 0 Å². The van der Waals surface area contributed by atoms with Crippen molar-refractivity contribution in [3.8, 4) is 5.75 Å². The largest absolute Gasteiger partial charge is 0.492 e. The number of piperidine rings is 1. The number of rotatable bonds is 6. The third kappa shape index (κ3) is 4.89. The van der Waals surface area contributed by atoms with Crippen LogP contribution in [0, 0.1) is 0 Å². The lowest BCUT2D eigenvalue weighted by atomic mass is 10.1. The van der Waals surface area contributed by atoms with E-state index < -0.39 is 0 Å². The molecule has 1 aromatic rings. The highest BCUT2D eigenvalue weighted by Crippen LogP contribution is 2.17. The highest BCUT2D eigenvalue weighted by Gasteiger charge is 2.09. The molecule has 0 aromatic heterocycles. The molecule has 5 nitrogen and oxygen atoms in total. The highest BCUT2D eigenvalue weighted by molar-refractivity contribution is 5.59. The van der Waals surface area contributed by atoms with Crippen LogP contribution in [0.15, 0.2) is 29.3 Å². The molecule has 1 saturated heterocycles. The molecule has 1 heterocycles. The van der Waals surface area contributed by atoms with Crippen LogP contribution in [-0.4, -0.2) is 42.7 Å². The number of benzene rings is 1. The minimum atomic E-state index is 0.723. The van der Waals surface area contributed by atoms with Gasteiger partial charge in [-0.3, -0.25) is 15.6 Å². The minimum Gasteiger partial charge on any atom is -0.492 e. The molecule has 1 fully saturated rings. The standard InChI is InChI=1S/C14H21N3O2/c18-16-12-15-13-4-6-14(7-5-13)19-11-10-17-8-2-1-3-9-17/h4-7,12,18H,1-3,8-11H2,(H,15,16). The normalized spacial score (nSPS) is 16.7. The molecule has 2 rings (SSSR count). The van der Waals surface area contributed by atoms with Crippen molar-refractivity contribution in [2.45, 2.75) is 19.3 Å². The highest BCUT2D eigenvalue weighted by atomic mass is 16.5. The average molecular weight is 263 g/mol. The SMILES string of the molecule is ONC=Nc1ccc(OCCN2CCCCC2)cc1. The van der Waals surface area contributed by atoms with Gasteiger partial charge in [0.1, 0.15) is 18.7 Å². The summed E-state index contributed by atoms with van der Waals surface area (Å²) in [7, 11) is 0. The van der Waals surface area contributed by atoms with Crippen molar-refractivity contribution >= 4 is 12.0 Å². The van der Waals surface area contributed by atoms with Crippen molar-refractivity contribution in [1.82, 2.24) is 10.4 Å². The van der Waals surface area contributed by atoms with Gasteiger partial charge in [0.25, 0.3) is 0 Å². The molecule has 104 valence electrons. The van der Waals surface area contributed by atoms with Crippen LogP contribution < -0.4 is 10.2 Å². The molecule has 0 bridgehead atoms. The van der Waals surface area contributed by atoms with Gasteiger partial charge in [-0.15, -0.1) is 0 Å². The summed E-state index contributed by atoms with van der Waals surface area (Å²) in [6.45, 7) is 4.12. The summed E-state index contributed by atoms with van der Waals surface area (Å²) in [4.78, 5) is 6.42. The van der Waals surface area contributed by atoms with Crippen LogP contribution in [0.25, 0.3) is 0 Å². The monoisotopic (exact) mass is 263 g/mol. The summed E-state index contributed by atoms with van der Waals surface area (Å²) >= 11 is 0. The zero-order valence-corrected chi connectivity index (χ0v) is 11.1. The van der Waals surface area contributed by atoms with Crippen molar-refractivity contribution in [2.75, 3.05) is 26.2 Å². The lowest BCUT2D eigenvalue weighted by molar-refractivity contribution is 0.183. The zero-order chi connectivity index (χ0) is 13.3. The molecule has 2 N–H and O–H groups in total. The molecule has 5 heteroatoms. The van der Waals surface area contributed by atoms with Gasteiger partial charge in [-0.1, -0.05) is 6.42 Å². The Morgan fingerprint density at radius 1 is 1.21 bits per heavy atom. The van der Waals surface area contributed by atoms with E-state index >= 15 is 0 Å². The zero-order valence-electron chi connectivity index (χ0n) is 11.1. The molecule has 0 atom stereocenters. The fraction of sp³-hybridized carbons (Fsp3) is 0.500. The Bertz CT molecular complexity index is 386. The van der Waals surface area contributed by atoms with Gasteiger partial charge in [-0.05, 0) is 50.2 Å². The molecule has 0 unspecified atom stereocenters. The van der Waals surface area contributed by atoms with Crippen molar-refractivity contribution < 1.29 is 9.94 Å². The number of aliphatic imine (C=N–C) groups is 1. The second-order valence-electron chi connectivity index (χ2n) is 4.63. The number of ether oxygens (including phenoxy) is 1. The van der Waals surface area contributed by atoms with Gasteiger partial charge in [0.15, 0.2) is 0 Å². The van der Waals surface area contributed by atoms with E-state index in [4.69, 9.17) is 9.94 Å². The van der Waals surface area contributed by atoms with Crippen LogP contribution in [-0.2, 0) is 0 Å². The van der Waals surface area contributed by atoms with Crippen LogP contribution in [0.4, 0.5) is 5.69 Å². The summed E-state index contributed by atoms with van der Waals surface area (Å²) in [5.41, 5.74) is 2.64. The Morgan fingerprint density at radius 3 is 2.63 bits per heavy atom. The summed E-state index contributed by atoms with van der Waals surface area (Å²) in [6.07, 6.45) is 5.21.